The van der Waals surface area contributed by atoms with Gasteiger partial charge in [-0.25, -0.2) is 13.2 Å². The summed E-state index contributed by atoms with van der Waals surface area (Å²) < 4.78 is 32.9. The first-order chi connectivity index (χ1) is 13.9. The number of sulfonamides is 1. The SMILES string of the molecule is Cc1cccc(COC(=O)c2ccc([C@@H]3Nc4ccccc4S(=O)(=O)N3)cc2)c1. The molecule has 0 aliphatic carbocycles. The Balaban J connectivity index is 1.46. The minimum absolute atomic E-state index is 0.197. The highest BCUT2D eigenvalue weighted by molar-refractivity contribution is 7.89. The van der Waals surface area contributed by atoms with Crippen molar-refractivity contribution >= 4 is 21.7 Å². The van der Waals surface area contributed by atoms with Crippen LogP contribution in [0.2, 0.25) is 0 Å². The second-order valence-electron chi connectivity index (χ2n) is 6.88. The number of benzene rings is 3. The van der Waals surface area contributed by atoms with E-state index in [1.54, 1.807) is 48.5 Å². The van der Waals surface area contributed by atoms with Crippen LogP contribution in [0.4, 0.5) is 5.69 Å². The first-order valence-corrected chi connectivity index (χ1v) is 10.6. The molecule has 0 aromatic heterocycles. The number of hydrogen-bond acceptors (Lipinski definition) is 5. The standard InChI is InChI=1S/C22H20N2O4S/c1-15-5-4-6-16(13-15)14-28-22(25)18-11-9-17(10-12-18)21-23-19-7-2-3-8-20(19)29(26,27)24-21/h2-13,21,23-24H,14H2,1H3/t21-/m1/s1. The molecule has 6 nitrogen and oxygen atoms in total. The summed E-state index contributed by atoms with van der Waals surface area (Å²) in [5.74, 6) is -0.430. The zero-order valence-electron chi connectivity index (χ0n) is 15.8. The number of rotatable bonds is 4. The number of carbonyl (C=O) groups is 1. The van der Waals surface area contributed by atoms with E-state index in [2.05, 4.69) is 10.0 Å². The van der Waals surface area contributed by atoms with Crippen LogP contribution >= 0.6 is 0 Å². The molecule has 0 radical (unpaired) electrons. The van der Waals surface area contributed by atoms with Crippen LogP contribution in [0, 0.1) is 6.92 Å². The lowest BCUT2D eigenvalue weighted by atomic mass is 10.1. The van der Waals surface area contributed by atoms with E-state index >= 15 is 0 Å². The lowest BCUT2D eigenvalue weighted by Gasteiger charge is -2.28. The molecule has 1 aliphatic rings. The molecule has 4 rings (SSSR count). The summed E-state index contributed by atoms with van der Waals surface area (Å²) in [6.07, 6.45) is -0.618. The van der Waals surface area contributed by atoms with E-state index in [0.717, 1.165) is 11.1 Å². The summed E-state index contributed by atoms with van der Waals surface area (Å²) in [7, 11) is -3.61. The highest BCUT2D eigenvalue weighted by Crippen LogP contribution is 2.30. The van der Waals surface area contributed by atoms with E-state index < -0.39 is 22.2 Å². The first-order valence-electron chi connectivity index (χ1n) is 9.13. The van der Waals surface area contributed by atoms with Crippen LogP contribution in [0.15, 0.2) is 77.7 Å². The van der Waals surface area contributed by atoms with Crippen molar-refractivity contribution in [3.8, 4) is 0 Å². The van der Waals surface area contributed by atoms with E-state index in [9.17, 15) is 13.2 Å². The zero-order chi connectivity index (χ0) is 20.4. The predicted octanol–water partition coefficient (Wildman–Crippen LogP) is 3.75. The van der Waals surface area contributed by atoms with Gasteiger partial charge in [0, 0.05) is 0 Å². The molecule has 1 atom stereocenters. The number of fused-ring (bicyclic) bond motifs is 1. The van der Waals surface area contributed by atoms with Crippen molar-refractivity contribution in [1.29, 1.82) is 0 Å². The zero-order valence-corrected chi connectivity index (χ0v) is 16.6. The smallest absolute Gasteiger partial charge is 0.338 e. The normalized spacial score (nSPS) is 17.1. The largest absolute Gasteiger partial charge is 0.457 e. The second kappa shape index (κ2) is 7.69. The van der Waals surface area contributed by atoms with Crippen LogP contribution in [-0.2, 0) is 21.4 Å². The van der Waals surface area contributed by atoms with Crippen molar-refractivity contribution < 1.29 is 17.9 Å². The lowest BCUT2D eigenvalue weighted by molar-refractivity contribution is 0.0472. The monoisotopic (exact) mass is 408 g/mol. The summed E-state index contributed by atoms with van der Waals surface area (Å²) in [6, 6.07) is 21.2. The molecule has 0 saturated carbocycles. The summed E-state index contributed by atoms with van der Waals surface area (Å²) in [5, 5.41) is 3.16. The Morgan fingerprint density at radius 2 is 1.76 bits per heavy atom. The topological polar surface area (TPSA) is 84.5 Å². The molecule has 2 N–H and O–H groups in total. The molecule has 0 bridgehead atoms. The molecule has 3 aromatic carbocycles. The van der Waals surface area contributed by atoms with Gasteiger partial charge >= 0.3 is 5.97 Å². The van der Waals surface area contributed by atoms with Gasteiger partial charge in [0.25, 0.3) is 0 Å². The van der Waals surface area contributed by atoms with Gasteiger partial charge in [-0.15, -0.1) is 0 Å². The summed E-state index contributed by atoms with van der Waals surface area (Å²) in [5.41, 5.74) is 3.66. The number of anilines is 1. The number of nitrogens with one attached hydrogen (secondary N) is 2. The molecule has 0 spiro atoms. The molecule has 0 fully saturated rings. The van der Waals surface area contributed by atoms with Crippen molar-refractivity contribution in [2.45, 2.75) is 24.6 Å². The van der Waals surface area contributed by atoms with E-state index in [0.29, 0.717) is 16.8 Å². The predicted molar refractivity (Wildman–Crippen MR) is 110 cm³/mol. The van der Waals surface area contributed by atoms with Crippen molar-refractivity contribution in [3.63, 3.8) is 0 Å². The molecule has 3 aromatic rings. The number of ether oxygens (including phenoxy) is 1. The minimum Gasteiger partial charge on any atom is -0.457 e. The molecule has 0 unspecified atom stereocenters. The molecule has 7 heteroatoms. The number of esters is 1. The van der Waals surface area contributed by atoms with Crippen LogP contribution < -0.4 is 10.0 Å². The van der Waals surface area contributed by atoms with E-state index in [-0.39, 0.29) is 11.5 Å². The Labute approximate surface area is 169 Å². The van der Waals surface area contributed by atoms with Crippen LogP contribution in [0.1, 0.15) is 33.2 Å². The fraction of sp³-hybridized carbons (Fsp3) is 0.136. The van der Waals surface area contributed by atoms with Gasteiger partial charge in [0.2, 0.25) is 10.0 Å². The number of carbonyl (C=O) groups excluding carboxylic acids is 1. The van der Waals surface area contributed by atoms with Crippen LogP contribution in [0.3, 0.4) is 0 Å². The van der Waals surface area contributed by atoms with Crippen LogP contribution in [0.25, 0.3) is 0 Å². The third-order valence-corrected chi connectivity index (χ3v) is 6.16. The van der Waals surface area contributed by atoms with Gasteiger partial charge in [0.1, 0.15) is 17.7 Å². The number of hydrogen-bond donors (Lipinski definition) is 2. The molecular formula is C22H20N2O4S. The maximum atomic E-state index is 12.5. The van der Waals surface area contributed by atoms with Crippen LogP contribution in [-0.4, -0.2) is 14.4 Å². The molecule has 0 saturated heterocycles. The van der Waals surface area contributed by atoms with Gasteiger partial charge in [-0.3, -0.25) is 0 Å². The molecule has 1 heterocycles. The lowest BCUT2D eigenvalue weighted by Crippen LogP contribution is -2.38. The molecule has 148 valence electrons. The summed E-state index contributed by atoms with van der Waals surface area (Å²) in [4.78, 5) is 12.5. The molecule has 1 aliphatic heterocycles. The Bertz CT molecular complexity index is 1160. The summed E-state index contributed by atoms with van der Waals surface area (Å²) >= 11 is 0. The van der Waals surface area contributed by atoms with E-state index in [1.807, 2.05) is 31.2 Å². The fourth-order valence-electron chi connectivity index (χ4n) is 3.22. The maximum Gasteiger partial charge on any atom is 0.338 e. The van der Waals surface area contributed by atoms with Gasteiger partial charge in [0.15, 0.2) is 0 Å². The Kier molecular flexibility index (Phi) is 5.08. The van der Waals surface area contributed by atoms with Gasteiger partial charge in [-0.1, -0.05) is 54.1 Å². The average Bonchev–Trinajstić information content (AvgIpc) is 2.72. The number of aryl methyl sites for hydroxylation is 1. The van der Waals surface area contributed by atoms with Gasteiger partial charge in [0.05, 0.1) is 11.3 Å². The Morgan fingerprint density at radius 3 is 2.52 bits per heavy atom. The van der Waals surface area contributed by atoms with Crippen molar-refractivity contribution in [2.24, 2.45) is 0 Å². The Morgan fingerprint density at radius 1 is 1.00 bits per heavy atom. The van der Waals surface area contributed by atoms with E-state index in [4.69, 9.17) is 4.74 Å². The maximum absolute atomic E-state index is 12.5. The average molecular weight is 408 g/mol. The minimum atomic E-state index is -3.61. The highest BCUT2D eigenvalue weighted by Gasteiger charge is 2.29. The first kappa shape index (κ1) is 19.2. The summed E-state index contributed by atoms with van der Waals surface area (Å²) in [6.45, 7) is 2.18. The van der Waals surface area contributed by atoms with Crippen molar-refractivity contribution in [3.05, 3.63) is 95.1 Å². The highest BCUT2D eigenvalue weighted by atomic mass is 32.2. The molecular weight excluding hydrogens is 388 g/mol. The van der Waals surface area contributed by atoms with Crippen molar-refractivity contribution in [1.82, 2.24) is 4.72 Å². The van der Waals surface area contributed by atoms with Crippen molar-refractivity contribution in [2.75, 3.05) is 5.32 Å². The van der Waals surface area contributed by atoms with Crippen LogP contribution in [0.5, 0.6) is 0 Å². The molecule has 29 heavy (non-hydrogen) atoms. The number of para-hydroxylation sites is 1. The van der Waals surface area contributed by atoms with Gasteiger partial charge < -0.3 is 10.1 Å². The fourth-order valence-corrected chi connectivity index (χ4v) is 4.53. The van der Waals surface area contributed by atoms with E-state index in [1.165, 1.54) is 0 Å². The third-order valence-electron chi connectivity index (χ3n) is 4.68. The third kappa shape index (κ3) is 4.16. The Hall–Kier alpha value is -3.16. The molecule has 0 amide bonds. The second-order valence-corrected chi connectivity index (χ2v) is 8.56. The van der Waals surface area contributed by atoms with Gasteiger partial charge in [-0.2, -0.15) is 4.72 Å². The van der Waals surface area contributed by atoms with Gasteiger partial charge in [-0.05, 0) is 42.3 Å². The quantitative estimate of drug-likeness (QED) is 0.642.